The molecule has 692 valence electrons. The molecule has 2 unspecified atom stereocenters. The molecule has 4 heterocycles. The molecule has 17 rings (SSSR count). The van der Waals surface area contributed by atoms with Crippen LogP contribution >= 0.6 is 0 Å². The molecule has 4 aliphatic rings. The molecule has 0 bridgehead atoms. The lowest BCUT2D eigenvalue weighted by Crippen LogP contribution is -2.54. The fraction of sp³-hybridized carbons (Fsp3) is 0.327. The summed E-state index contributed by atoms with van der Waals surface area (Å²) >= 11 is 0. The number of rotatable bonds is 28. The number of hydrogen-bond donors (Lipinski definition) is 0. The van der Waals surface area contributed by atoms with Crippen molar-refractivity contribution in [3.8, 4) is 46.0 Å². The average Bonchev–Trinajstić information content (AvgIpc) is 0.667. The van der Waals surface area contributed by atoms with Crippen LogP contribution in [0.15, 0.2) is 231 Å². The SMILES string of the molecule is CO[Si](Cc1cccc(CN2CCN(C(=O)C(c3ccccc3)N3C(=O)c4cc(Oc5ccc(C(C)(C)C)cc5)c5c6c(Oc7ccc(C(C)(C)C)cc7)cc7c8c(cc(Oc9ccc(C(C)(C)C)cc9)c(c9c(Oc%10ccc(C(C)(C)C)cc%10)cc(c4c59)C3=O)c86)C(=O)N(C(C(=O)N3CCN(Cc4cccc(C[Si](OC)(OC)OC)c4)CC3)c3ccccc3)C7=O)CC2)c1)(OC)OC. The van der Waals surface area contributed by atoms with Crippen molar-refractivity contribution in [2.45, 2.75) is 142 Å². The van der Waals surface area contributed by atoms with Crippen molar-refractivity contribution in [1.82, 2.24) is 29.4 Å². The Kier molecular flexibility index (Phi) is 25.9. The average molecular weight is 1840 g/mol. The molecule has 134 heavy (non-hydrogen) atoms. The van der Waals surface area contributed by atoms with Crippen LogP contribution in [-0.4, -0.2) is 177 Å². The van der Waals surface area contributed by atoms with Gasteiger partial charge in [0.1, 0.15) is 58.1 Å². The Balaban J connectivity index is 0.889. The minimum atomic E-state index is -2.97. The van der Waals surface area contributed by atoms with Crippen LogP contribution < -0.4 is 18.9 Å². The highest BCUT2D eigenvalue weighted by Gasteiger charge is 2.50. The van der Waals surface area contributed by atoms with Gasteiger partial charge in [0, 0.05) is 163 Å². The second-order valence-electron chi connectivity index (χ2n) is 39.6. The molecule has 0 N–H and O–H groups in total. The number of ether oxygens (including phenoxy) is 4. The molecule has 24 heteroatoms. The highest BCUT2D eigenvalue weighted by atomic mass is 28.4. The van der Waals surface area contributed by atoms with Gasteiger partial charge in [-0.1, -0.05) is 241 Å². The van der Waals surface area contributed by atoms with E-state index in [9.17, 15) is 0 Å². The molecule has 22 nitrogen and oxygen atoms in total. The Morgan fingerprint density at radius 2 is 0.537 bits per heavy atom. The molecule has 0 saturated carbocycles. The van der Waals surface area contributed by atoms with Gasteiger partial charge in [0.15, 0.2) is 0 Å². The minimum Gasteiger partial charge on any atom is -0.457 e. The molecular formula is C110H118N6O16Si2. The zero-order valence-corrected chi connectivity index (χ0v) is 81.8. The van der Waals surface area contributed by atoms with E-state index in [-0.39, 0.29) is 104 Å². The lowest BCUT2D eigenvalue weighted by atomic mass is 9.80. The van der Waals surface area contributed by atoms with E-state index in [0.717, 1.165) is 54.3 Å². The maximum Gasteiger partial charge on any atom is 0.504 e. The van der Waals surface area contributed by atoms with Crippen LogP contribution in [0.5, 0.6) is 46.0 Å². The number of carbonyl (C=O) groups is 6. The van der Waals surface area contributed by atoms with Crippen molar-refractivity contribution < 1.29 is 74.3 Å². The van der Waals surface area contributed by atoms with Gasteiger partial charge in [-0.05, 0) is 150 Å². The topological polar surface area (TPSA) is 214 Å². The van der Waals surface area contributed by atoms with Crippen LogP contribution in [-0.2, 0) is 83.0 Å². The summed E-state index contributed by atoms with van der Waals surface area (Å²) in [5, 5.41) is 2.18. The van der Waals surface area contributed by atoms with Gasteiger partial charge in [0.25, 0.3) is 35.4 Å². The lowest BCUT2D eigenvalue weighted by Gasteiger charge is -2.40. The Morgan fingerprint density at radius 1 is 0.291 bits per heavy atom. The Labute approximate surface area is 786 Å². The molecule has 4 aliphatic heterocycles. The third-order valence-corrected chi connectivity index (χ3v) is 32.3. The quantitative estimate of drug-likeness (QED) is 0.0193. The van der Waals surface area contributed by atoms with E-state index in [1.165, 1.54) is 0 Å². The number of nitrogens with zero attached hydrogens (tertiary/aromatic N) is 6. The van der Waals surface area contributed by atoms with Gasteiger partial charge < -0.3 is 55.3 Å². The van der Waals surface area contributed by atoms with Crippen molar-refractivity contribution in [3.63, 3.8) is 0 Å². The third-order valence-electron chi connectivity index (χ3n) is 26.8. The zero-order valence-electron chi connectivity index (χ0n) is 79.8. The third kappa shape index (κ3) is 18.3. The molecule has 13 aromatic rings. The molecule has 6 amide bonds. The summed E-state index contributed by atoms with van der Waals surface area (Å²) in [4.78, 5) is 112. The first kappa shape index (κ1) is 93.5. The van der Waals surface area contributed by atoms with E-state index in [1.807, 2.05) is 133 Å². The molecule has 0 radical (unpaired) electrons. The number of fused-ring (bicyclic) bond motifs is 2. The van der Waals surface area contributed by atoms with E-state index in [4.69, 9.17) is 45.5 Å². The predicted molar refractivity (Wildman–Crippen MR) is 525 cm³/mol. The fourth-order valence-corrected chi connectivity index (χ4v) is 22.5. The molecule has 0 aliphatic carbocycles. The Hall–Kier alpha value is -12.3. The number of carbonyl (C=O) groups excluding carboxylic acids is 6. The zero-order chi connectivity index (χ0) is 94.8. The second-order valence-corrected chi connectivity index (χ2v) is 45.5. The first-order valence-corrected chi connectivity index (χ1v) is 49.8. The first-order chi connectivity index (χ1) is 64.0. The van der Waals surface area contributed by atoms with E-state index < -0.39 is 65.1 Å². The van der Waals surface area contributed by atoms with Crippen molar-refractivity contribution >= 4 is 96.1 Å². The molecule has 13 aromatic carbocycles. The number of benzene rings is 13. The van der Waals surface area contributed by atoms with Gasteiger partial charge >= 0.3 is 17.6 Å². The summed E-state index contributed by atoms with van der Waals surface area (Å²) in [5.74, 6) is -2.20. The summed E-state index contributed by atoms with van der Waals surface area (Å²) in [6.07, 6.45) is 0. The standard InChI is InChI=1S/C110H118N6O16Si2/c1-107(2,3)75-35-43-79(44-36-75)129-87-61-83-91-84(102(118)115(101(83)117)99(73-31-21-19-22-32-73)105(121)113-55-51-111(52-56-113)65-69-27-25-29-71(59-69)67-133(123-13,124-14)125-15)63-89(131-81-47-39-77(40-48-81)109(7,8)9)95-96-90(132-82-49-41-78(42-50-82)110(10,11)12)64-86-92-85(62-88(94(98(92)96)93(87)97(91)95)130-80-45-37-76(38-46-80)108(4,5)6)103(119)116(104(86)120)100(74-33-23-20-24-34-74)106(122)114-57-53-112(54-58-114)66-70-28-26-30-72(60-70)68-134(126-16,127-17)128-18/h19-50,59-64,99-100H,51-58,65-68H2,1-18H3. The maximum absolute atomic E-state index is 17.2. The normalized spacial score (nSPS) is 15.5. The Morgan fingerprint density at radius 3 is 0.776 bits per heavy atom. The number of amides is 6. The summed E-state index contributed by atoms with van der Waals surface area (Å²) < 4.78 is 65.0. The largest absolute Gasteiger partial charge is 0.504 e. The molecular weight excluding hydrogens is 1720 g/mol. The fourth-order valence-electron chi connectivity index (χ4n) is 19.2. The van der Waals surface area contributed by atoms with Gasteiger partial charge in [0.2, 0.25) is 0 Å². The molecule has 2 atom stereocenters. The highest BCUT2D eigenvalue weighted by Crippen LogP contribution is 2.59. The Bertz CT molecular complexity index is 5960. The van der Waals surface area contributed by atoms with Crippen molar-refractivity contribution in [1.29, 1.82) is 0 Å². The summed E-state index contributed by atoms with van der Waals surface area (Å²) in [5.41, 5.74) is 7.90. The van der Waals surface area contributed by atoms with E-state index in [0.29, 0.717) is 118 Å². The van der Waals surface area contributed by atoms with Gasteiger partial charge in [-0.3, -0.25) is 48.4 Å². The van der Waals surface area contributed by atoms with Crippen LogP contribution in [0.1, 0.15) is 192 Å². The van der Waals surface area contributed by atoms with Crippen LogP contribution in [0.2, 0.25) is 0 Å². The monoisotopic (exact) mass is 1830 g/mol. The molecule has 0 spiro atoms. The lowest BCUT2D eigenvalue weighted by molar-refractivity contribution is -0.138. The highest BCUT2D eigenvalue weighted by molar-refractivity contribution is 6.60. The molecule has 0 aromatic heterocycles. The summed E-state index contributed by atoms with van der Waals surface area (Å²) in [7, 11) is 3.67. The minimum absolute atomic E-state index is 0.0179. The summed E-state index contributed by atoms with van der Waals surface area (Å²) in [6, 6.07) is 70.0. The smallest absolute Gasteiger partial charge is 0.457 e. The van der Waals surface area contributed by atoms with Gasteiger partial charge in [0.05, 0.1) is 22.3 Å². The van der Waals surface area contributed by atoms with Crippen molar-refractivity contribution in [2.24, 2.45) is 0 Å². The van der Waals surface area contributed by atoms with Crippen molar-refractivity contribution in [2.75, 3.05) is 95.0 Å². The van der Waals surface area contributed by atoms with E-state index >= 15 is 28.8 Å². The number of hydrogen-bond acceptors (Lipinski definition) is 18. The predicted octanol–water partition coefficient (Wildman–Crippen LogP) is 21.4. The van der Waals surface area contributed by atoms with Crippen LogP contribution in [0.4, 0.5) is 0 Å². The van der Waals surface area contributed by atoms with Crippen LogP contribution in [0.3, 0.4) is 0 Å². The van der Waals surface area contributed by atoms with Gasteiger partial charge in [-0.2, -0.15) is 0 Å². The van der Waals surface area contributed by atoms with E-state index in [1.54, 1.807) is 125 Å². The maximum atomic E-state index is 17.2. The summed E-state index contributed by atoms with van der Waals surface area (Å²) in [6.45, 7) is 29.7. The first-order valence-electron chi connectivity index (χ1n) is 45.9. The van der Waals surface area contributed by atoms with Gasteiger partial charge in [-0.15, -0.1) is 0 Å². The van der Waals surface area contributed by atoms with Crippen molar-refractivity contribution in [3.05, 3.63) is 308 Å². The van der Waals surface area contributed by atoms with Crippen LogP contribution in [0.25, 0.3) is 43.1 Å². The number of piperazine rings is 2. The molecule has 2 fully saturated rings. The second kappa shape index (κ2) is 37.2. The van der Waals surface area contributed by atoms with E-state index in [2.05, 4.69) is 117 Å². The van der Waals surface area contributed by atoms with Gasteiger partial charge in [-0.25, -0.2) is 0 Å². The number of imide groups is 2. The van der Waals surface area contributed by atoms with Crippen LogP contribution in [0, 0.1) is 0 Å². The molecule has 2 saturated heterocycles.